The van der Waals surface area contributed by atoms with Crippen molar-refractivity contribution in [1.29, 1.82) is 0 Å². The van der Waals surface area contributed by atoms with Crippen LogP contribution in [0.25, 0.3) is 11.0 Å². The molecular formula is C28H33N5O. The summed E-state index contributed by atoms with van der Waals surface area (Å²) in [4.78, 5) is 29.9. The maximum Gasteiger partial charge on any atom is 0.226 e. The van der Waals surface area contributed by atoms with E-state index in [9.17, 15) is 4.79 Å². The van der Waals surface area contributed by atoms with Crippen LogP contribution < -0.4 is 4.90 Å². The number of likely N-dealkylation sites (tertiary alicyclic amines) is 1. The van der Waals surface area contributed by atoms with E-state index in [1.807, 2.05) is 24.3 Å². The van der Waals surface area contributed by atoms with Crippen LogP contribution in [0.5, 0.6) is 0 Å². The van der Waals surface area contributed by atoms with Crippen LogP contribution in [-0.4, -0.2) is 64.9 Å². The number of nitrogens with zero attached hydrogens (tertiary/aromatic N) is 5. The van der Waals surface area contributed by atoms with Crippen LogP contribution in [0, 0.1) is 18.3 Å². The monoisotopic (exact) mass is 455 g/mol. The molecule has 2 saturated heterocycles. The molecule has 3 fully saturated rings. The summed E-state index contributed by atoms with van der Waals surface area (Å²) in [6.45, 7) is 8.52. The Balaban J connectivity index is 1.02. The molecule has 176 valence electrons. The van der Waals surface area contributed by atoms with Gasteiger partial charge in [-0.2, -0.15) is 0 Å². The first-order valence-electron chi connectivity index (χ1n) is 12.6. The van der Waals surface area contributed by atoms with Crippen LogP contribution in [0.1, 0.15) is 30.7 Å². The molecule has 0 radical (unpaired) electrons. The number of anilines is 1. The molecule has 1 aromatic heterocycles. The minimum atomic E-state index is 0.236. The van der Waals surface area contributed by atoms with Crippen LogP contribution in [0.2, 0.25) is 0 Å². The maximum absolute atomic E-state index is 13.3. The summed E-state index contributed by atoms with van der Waals surface area (Å²) in [6.07, 6.45) is 3.31. The van der Waals surface area contributed by atoms with Crippen molar-refractivity contribution in [3.63, 3.8) is 0 Å². The molecule has 1 atom stereocenters. The van der Waals surface area contributed by atoms with E-state index in [0.717, 1.165) is 87.5 Å². The summed E-state index contributed by atoms with van der Waals surface area (Å²) in [5.74, 6) is 0.637. The van der Waals surface area contributed by atoms with Crippen LogP contribution in [0.15, 0.2) is 54.6 Å². The largest absolute Gasteiger partial charge is 0.368 e. The number of piperidine rings is 1. The maximum atomic E-state index is 13.3. The second-order valence-electron chi connectivity index (χ2n) is 10.3. The molecule has 1 saturated carbocycles. The molecular weight excluding hydrogens is 422 g/mol. The highest BCUT2D eigenvalue weighted by atomic mass is 16.2. The smallest absolute Gasteiger partial charge is 0.226 e. The van der Waals surface area contributed by atoms with Gasteiger partial charge in [-0.1, -0.05) is 30.3 Å². The third-order valence-electron chi connectivity index (χ3n) is 8.27. The molecule has 6 nitrogen and oxygen atoms in total. The number of para-hydroxylation sites is 3. The van der Waals surface area contributed by atoms with Gasteiger partial charge in [-0.3, -0.25) is 9.69 Å². The summed E-state index contributed by atoms with van der Waals surface area (Å²) in [7, 11) is 0. The molecule has 6 heteroatoms. The highest BCUT2D eigenvalue weighted by Gasteiger charge is 2.59. The summed E-state index contributed by atoms with van der Waals surface area (Å²) in [5.41, 5.74) is 5.54. The van der Waals surface area contributed by atoms with E-state index in [-0.39, 0.29) is 11.3 Å². The molecule has 34 heavy (non-hydrogen) atoms. The molecule has 3 heterocycles. The number of hydrogen-bond donors (Lipinski definition) is 0. The topological polar surface area (TPSA) is 52.6 Å². The van der Waals surface area contributed by atoms with Crippen LogP contribution in [-0.2, 0) is 11.3 Å². The van der Waals surface area contributed by atoms with Crippen molar-refractivity contribution < 1.29 is 4.79 Å². The van der Waals surface area contributed by atoms with Crippen LogP contribution in [0.4, 0.5) is 5.69 Å². The molecule has 6 rings (SSSR count). The van der Waals surface area contributed by atoms with Gasteiger partial charge in [0.2, 0.25) is 5.91 Å². The lowest BCUT2D eigenvalue weighted by molar-refractivity contribution is -0.134. The van der Waals surface area contributed by atoms with Crippen molar-refractivity contribution in [2.45, 2.75) is 32.7 Å². The average molecular weight is 456 g/mol. The Morgan fingerprint density at radius 2 is 1.53 bits per heavy atom. The molecule has 3 aromatic rings. The van der Waals surface area contributed by atoms with Gasteiger partial charge in [0, 0.05) is 44.3 Å². The second kappa shape index (κ2) is 8.66. The minimum absolute atomic E-state index is 0.236. The predicted octanol–water partition coefficient (Wildman–Crippen LogP) is 3.89. The lowest BCUT2D eigenvalue weighted by Crippen LogP contribution is -2.50. The van der Waals surface area contributed by atoms with Gasteiger partial charge in [-0.05, 0) is 69.0 Å². The molecule has 3 aliphatic rings. The van der Waals surface area contributed by atoms with Gasteiger partial charge >= 0.3 is 0 Å². The lowest BCUT2D eigenvalue weighted by atomic mass is 9.90. The van der Waals surface area contributed by atoms with Crippen molar-refractivity contribution in [3.8, 4) is 0 Å². The lowest BCUT2D eigenvalue weighted by Gasteiger charge is -2.37. The zero-order valence-corrected chi connectivity index (χ0v) is 20.0. The number of aromatic nitrogens is 2. The van der Waals surface area contributed by atoms with Crippen molar-refractivity contribution in [2.75, 3.05) is 44.2 Å². The Kier molecular flexibility index (Phi) is 5.48. The third-order valence-corrected chi connectivity index (χ3v) is 8.27. The number of rotatable bonds is 4. The summed E-state index contributed by atoms with van der Waals surface area (Å²) >= 11 is 0. The standard InChI is InChI=1S/C28H33N5O/c1-21-26(30-25-10-6-5-9-24(25)29-21)20-31-13-11-28(12-14-31)19-23(28)27(34)33-17-15-32(16-18-33)22-7-3-2-4-8-22/h2-10,23H,11-20H2,1H3/t23-/m1/s1. The molecule has 2 aromatic carbocycles. The van der Waals surface area contributed by atoms with Crippen molar-refractivity contribution >= 4 is 22.6 Å². The zero-order valence-electron chi connectivity index (χ0n) is 20.0. The second-order valence-corrected chi connectivity index (χ2v) is 10.3. The number of benzene rings is 2. The summed E-state index contributed by atoms with van der Waals surface area (Å²) in [6, 6.07) is 18.6. The van der Waals surface area contributed by atoms with Gasteiger partial charge < -0.3 is 9.80 Å². The first-order chi connectivity index (χ1) is 16.6. The molecule has 0 N–H and O–H groups in total. The van der Waals surface area contributed by atoms with Gasteiger partial charge in [0.25, 0.3) is 0 Å². The van der Waals surface area contributed by atoms with E-state index in [0.29, 0.717) is 5.91 Å². The van der Waals surface area contributed by atoms with E-state index in [1.165, 1.54) is 5.69 Å². The Hall–Kier alpha value is -2.99. The minimum Gasteiger partial charge on any atom is -0.368 e. The molecule has 0 unspecified atom stereocenters. The molecule has 2 aliphatic heterocycles. The predicted molar refractivity (Wildman–Crippen MR) is 135 cm³/mol. The van der Waals surface area contributed by atoms with Crippen LogP contribution in [0.3, 0.4) is 0 Å². The summed E-state index contributed by atoms with van der Waals surface area (Å²) < 4.78 is 0. The SMILES string of the molecule is Cc1nc2ccccc2nc1CN1CCC2(CC1)C[C@@H]2C(=O)N1CCN(c2ccccc2)CC1. The number of aryl methyl sites for hydroxylation is 1. The fourth-order valence-corrected chi connectivity index (χ4v) is 5.94. The molecule has 1 aliphatic carbocycles. The Labute approximate surface area is 201 Å². The highest BCUT2D eigenvalue weighted by Crippen LogP contribution is 2.60. The molecule has 1 spiro atoms. The first kappa shape index (κ1) is 21.5. The Morgan fingerprint density at radius 1 is 0.882 bits per heavy atom. The number of amides is 1. The number of fused-ring (bicyclic) bond motifs is 1. The van der Waals surface area contributed by atoms with Gasteiger partial charge in [0.15, 0.2) is 0 Å². The normalized spacial score (nSPS) is 22.3. The molecule has 1 amide bonds. The van der Waals surface area contributed by atoms with E-state index in [4.69, 9.17) is 9.97 Å². The number of hydrogen-bond acceptors (Lipinski definition) is 5. The number of piperazine rings is 1. The Morgan fingerprint density at radius 3 is 2.24 bits per heavy atom. The van der Waals surface area contributed by atoms with Crippen LogP contribution >= 0.6 is 0 Å². The van der Waals surface area contributed by atoms with E-state index >= 15 is 0 Å². The van der Waals surface area contributed by atoms with Crippen molar-refractivity contribution in [1.82, 2.24) is 19.8 Å². The quantitative estimate of drug-likeness (QED) is 0.598. The van der Waals surface area contributed by atoms with Crippen molar-refractivity contribution in [2.24, 2.45) is 11.3 Å². The van der Waals surface area contributed by atoms with E-state index in [2.05, 4.69) is 52.0 Å². The number of carbonyl (C=O) groups excluding carboxylic acids is 1. The van der Waals surface area contributed by atoms with Gasteiger partial charge in [0.1, 0.15) is 0 Å². The van der Waals surface area contributed by atoms with E-state index < -0.39 is 0 Å². The van der Waals surface area contributed by atoms with Gasteiger partial charge in [0.05, 0.1) is 22.4 Å². The first-order valence-corrected chi connectivity index (χ1v) is 12.6. The van der Waals surface area contributed by atoms with E-state index in [1.54, 1.807) is 0 Å². The van der Waals surface area contributed by atoms with Gasteiger partial charge in [-0.25, -0.2) is 9.97 Å². The van der Waals surface area contributed by atoms with Crippen molar-refractivity contribution in [3.05, 3.63) is 66.0 Å². The highest BCUT2D eigenvalue weighted by molar-refractivity contribution is 5.83. The van der Waals surface area contributed by atoms with Gasteiger partial charge in [-0.15, -0.1) is 0 Å². The number of carbonyl (C=O) groups is 1. The average Bonchev–Trinajstić information content (AvgIpc) is 3.59. The molecule has 0 bridgehead atoms. The fraction of sp³-hybridized carbons (Fsp3) is 0.464. The third kappa shape index (κ3) is 4.05. The Bertz CT molecular complexity index is 1180. The summed E-state index contributed by atoms with van der Waals surface area (Å²) in [5, 5.41) is 0. The zero-order chi connectivity index (χ0) is 23.1. The fourth-order valence-electron chi connectivity index (χ4n) is 5.94.